The fraction of sp³-hybridized carbons (Fsp3) is 0.133. The Morgan fingerprint density at radius 1 is 1.21 bits per heavy atom. The van der Waals surface area contributed by atoms with Crippen LogP contribution in [-0.4, -0.2) is 11.1 Å². The second-order valence-corrected chi connectivity index (χ2v) is 5.18. The van der Waals surface area contributed by atoms with Gasteiger partial charge in [-0.05, 0) is 42.3 Å². The summed E-state index contributed by atoms with van der Waals surface area (Å²) in [6.45, 7) is 2.48. The van der Waals surface area contributed by atoms with Crippen LogP contribution in [-0.2, 0) is 6.54 Å². The van der Waals surface area contributed by atoms with Crippen molar-refractivity contribution in [3.63, 3.8) is 0 Å². The molecule has 4 heteroatoms. The smallest absolute Gasteiger partial charge is 0.336 e. The standard InChI is InChI=1S/C15H14BrNO2/c1-10-13(15(18)19)3-2-4-14(10)17-9-11-5-7-12(16)8-6-11/h2-8,17H,9H2,1H3,(H,18,19). The minimum Gasteiger partial charge on any atom is -0.478 e. The van der Waals surface area contributed by atoms with Crippen molar-refractivity contribution in [2.45, 2.75) is 13.5 Å². The lowest BCUT2D eigenvalue weighted by molar-refractivity contribution is 0.0696. The van der Waals surface area contributed by atoms with Crippen molar-refractivity contribution in [3.8, 4) is 0 Å². The number of hydrogen-bond acceptors (Lipinski definition) is 2. The lowest BCUT2D eigenvalue weighted by Gasteiger charge is -2.11. The minimum atomic E-state index is -0.898. The molecule has 0 unspecified atom stereocenters. The molecule has 19 heavy (non-hydrogen) atoms. The van der Waals surface area contributed by atoms with E-state index < -0.39 is 5.97 Å². The second-order valence-electron chi connectivity index (χ2n) is 4.26. The summed E-state index contributed by atoms with van der Waals surface area (Å²) < 4.78 is 1.04. The molecule has 0 aliphatic heterocycles. The Morgan fingerprint density at radius 2 is 1.89 bits per heavy atom. The van der Waals surface area contributed by atoms with Crippen LogP contribution in [0.2, 0.25) is 0 Å². The predicted octanol–water partition coefficient (Wildman–Crippen LogP) is 4.07. The third kappa shape index (κ3) is 3.35. The topological polar surface area (TPSA) is 49.3 Å². The van der Waals surface area contributed by atoms with Crippen molar-refractivity contribution in [3.05, 3.63) is 63.6 Å². The van der Waals surface area contributed by atoms with Crippen LogP contribution in [0.4, 0.5) is 5.69 Å². The first kappa shape index (κ1) is 13.6. The summed E-state index contributed by atoms with van der Waals surface area (Å²) in [6, 6.07) is 13.3. The molecular weight excluding hydrogens is 306 g/mol. The van der Waals surface area contributed by atoms with Gasteiger partial charge in [0.1, 0.15) is 0 Å². The number of aromatic carboxylic acids is 1. The monoisotopic (exact) mass is 319 g/mol. The summed E-state index contributed by atoms with van der Waals surface area (Å²) in [6.07, 6.45) is 0. The van der Waals surface area contributed by atoms with E-state index in [1.54, 1.807) is 12.1 Å². The van der Waals surface area contributed by atoms with Crippen LogP contribution in [0.3, 0.4) is 0 Å². The van der Waals surface area contributed by atoms with Gasteiger partial charge < -0.3 is 10.4 Å². The van der Waals surface area contributed by atoms with Crippen LogP contribution in [0.5, 0.6) is 0 Å². The van der Waals surface area contributed by atoms with Gasteiger partial charge in [-0.2, -0.15) is 0 Å². The van der Waals surface area contributed by atoms with Crippen LogP contribution < -0.4 is 5.32 Å². The van der Waals surface area contributed by atoms with E-state index in [0.717, 1.165) is 21.3 Å². The summed E-state index contributed by atoms with van der Waals surface area (Å²) in [5.41, 5.74) is 3.08. The van der Waals surface area contributed by atoms with E-state index in [2.05, 4.69) is 21.2 Å². The Hall–Kier alpha value is -1.81. The molecular formula is C15H14BrNO2. The second kappa shape index (κ2) is 5.89. The van der Waals surface area contributed by atoms with E-state index in [4.69, 9.17) is 5.11 Å². The van der Waals surface area contributed by atoms with Crippen LogP contribution in [0.15, 0.2) is 46.9 Å². The zero-order chi connectivity index (χ0) is 13.8. The normalized spacial score (nSPS) is 10.2. The summed E-state index contributed by atoms with van der Waals surface area (Å²) in [5.74, 6) is -0.898. The molecule has 0 spiro atoms. The molecule has 0 heterocycles. The van der Waals surface area contributed by atoms with Crippen molar-refractivity contribution in [1.82, 2.24) is 0 Å². The maximum Gasteiger partial charge on any atom is 0.336 e. The van der Waals surface area contributed by atoms with Crippen molar-refractivity contribution in [2.24, 2.45) is 0 Å². The van der Waals surface area contributed by atoms with E-state index in [9.17, 15) is 4.79 Å². The quantitative estimate of drug-likeness (QED) is 0.893. The number of benzene rings is 2. The van der Waals surface area contributed by atoms with Crippen LogP contribution in [0.1, 0.15) is 21.5 Å². The van der Waals surface area contributed by atoms with E-state index in [0.29, 0.717) is 12.1 Å². The zero-order valence-corrected chi connectivity index (χ0v) is 12.1. The van der Waals surface area contributed by atoms with Gasteiger partial charge in [0, 0.05) is 16.7 Å². The van der Waals surface area contributed by atoms with Gasteiger partial charge in [-0.3, -0.25) is 0 Å². The van der Waals surface area contributed by atoms with E-state index >= 15 is 0 Å². The summed E-state index contributed by atoms with van der Waals surface area (Å²) in [7, 11) is 0. The minimum absolute atomic E-state index is 0.334. The third-order valence-corrected chi connectivity index (χ3v) is 3.49. The molecule has 98 valence electrons. The summed E-state index contributed by atoms with van der Waals surface area (Å²) in [4.78, 5) is 11.1. The molecule has 2 N–H and O–H groups in total. The van der Waals surface area contributed by atoms with Crippen LogP contribution in [0.25, 0.3) is 0 Å². The van der Waals surface area contributed by atoms with Gasteiger partial charge in [-0.1, -0.05) is 34.1 Å². The molecule has 0 fully saturated rings. The molecule has 0 amide bonds. The molecule has 2 aromatic carbocycles. The van der Waals surface area contributed by atoms with Gasteiger partial charge in [0.25, 0.3) is 0 Å². The number of carboxylic acids is 1. The Bertz CT molecular complexity index is 594. The number of hydrogen-bond donors (Lipinski definition) is 2. The summed E-state index contributed by atoms with van der Waals surface area (Å²) in [5, 5.41) is 12.3. The molecule has 0 saturated heterocycles. The Labute approximate surface area is 120 Å². The highest BCUT2D eigenvalue weighted by atomic mass is 79.9. The molecule has 0 atom stereocenters. The molecule has 0 radical (unpaired) electrons. The van der Waals surface area contributed by atoms with Crippen molar-refractivity contribution in [1.29, 1.82) is 0 Å². The predicted molar refractivity (Wildman–Crippen MR) is 79.6 cm³/mol. The molecule has 0 aliphatic rings. The lowest BCUT2D eigenvalue weighted by atomic mass is 10.1. The van der Waals surface area contributed by atoms with E-state index in [1.165, 1.54) is 0 Å². The average molecular weight is 320 g/mol. The number of carboxylic acid groups (broad SMARTS) is 1. The Morgan fingerprint density at radius 3 is 2.53 bits per heavy atom. The first-order valence-electron chi connectivity index (χ1n) is 5.89. The number of nitrogens with one attached hydrogen (secondary N) is 1. The number of rotatable bonds is 4. The molecule has 2 aromatic rings. The maximum absolute atomic E-state index is 11.1. The zero-order valence-electron chi connectivity index (χ0n) is 10.5. The first-order valence-corrected chi connectivity index (χ1v) is 6.68. The first-order chi connectivity index (χ1) is 9.08. The molecule has 0 aromatic heterocycles. The van der Waals surface area contributed by atoms with Gasteiger partial charge in [0.15, 0.2) is 0 Å². The van der Waals surface area contributed by atoms with Crippen molar-refractivity contribution >= 4 is 27.6 Å². The van der Waals surface area contributed by atoms with Crippen molar-refractivity contribution in [2.75, 3.05) is 5.32 Å². The van der Waals surface area contributed by atoms with Crippen LogP contribution >= 0.6 is 15.9 Å². The van der Waals surface area contributed by atoms with Gasteiger partial charge in [-0.25, -0.2) is 4.79 Å². The van der Waals surface area contributed by atoms with Gasteiger partial charge in [0.05, 0.1) is 5.56 Å². The van der Waals surface area contributed by atoms with Gasteiger partial charge in [0.2, 0.25) is 0 Å². The number of halogens is 1. The largest absolute Gasteiger partial charge is 0.478 e. The SMILES string of the molecule is Cc1c(NCc2ccc(Br)cc2)cccc1C(=O)O. The highest BCUT2D eigenvalue weighted by molar-refractivity contribution is 9.10. The fourth-order valence-electron chi connectivity index (χ4n) is 1.86. The van der Waals surface area contributed by atoms with E-state index in [-0.39, 0.29) is 0 Å². The van der Waals surface area contributed by atoms with Crippen molar-refractivity contribution < 1.29 is 9.90 Å². The Balaban J connectivity index is 2.13. The van der Waals surface area contributed by atoms with Gasteiger partial charge >= 0.3 is 5.97 Å². The van der Waals surface area contributed by atoms with E-state index in [1.807, 2.05) is 37.3 Å². The molecule has 0 bridgehead atoms. The highest BCUT2D eigenvalue weighted by Crippen LogP contribution is 2.20. The fourth-order valence-corrected chi connectivity index (χ4v) is 2.12. The Kier molecular flexibility index (Phi) is 4.22. The average Bonchev–Trinajstić information content (AvgIpc) is 2.39. The number of anilines is 1. The molecule has 0 aliphatic carbocycles. The third-order valence-electron chi connectivity index (χ3n) is 2.96. The summed E-state index contributed by atoms with van der Waals surface area (Å²) >= 11 is 3.39. The molecule has 0 saturated carbocycles. The molecule has 2 rings (SSSR count). The maximum atomic E-state index is 11.1. The highest BCUT2D eigenvalue weighted by Gasteiger charge is 2.09. The molecule has 3 nitrogen and oxygen atoms in total. The van der Waals surface area contributed by atoms with Crippen LogP contribution in [0, 0.1) is 6.92 Å². The van der Waals surface area contributed by atoms with Gasteiger partial charge in [-0.15, -0.1) is 0 Å². The number of carbonyl (C=O) groups is 1. The lowest BCUT2D eigenvalue weighted by Crippen LogP contribution is -2.05.